The van der Waals surface area contributed by atoms with Crippen LogP contribution in [0.3, 0.4) is 0 Å². The molecule has 0 saturated heterocycles. The van der Waals surface area contributed by atoms with E-state index in [9.17, 15) is 0 Å². The highest BCUT2D eigenvalue weighted by molar-refractivity contribution is 6.06. The molecule has 0 fully saturated rings. The lowest BCUT2D eigenvalue weighted by atomic mass is 9.94. The number of nitrogens with zero attached hydrogens (tertiary/aromatic N) is 2. The van der Waals surface area contributed by atoms with E-state index in [1.807, 2.05) is 48.5 Å². The second-order valence-electron chi connectivity index (χ2n) is 11.1. The van der Waals surface area contributed by atoms with Crippen LogP contribution >= 0.6 is 0 Å². The molecule has 2 heterocycles. The van der Waals surface area contributed by atoms with Gasteiger partial charge in [-0.2, -0.15) is 0 Å². The molecule has 8 aromatic rings. The summed E-state index contributed by atoms with van der Waals surface area (Å²) in [5, 5.41) is 2.28. The van der Waals surface area contributed by atoms with Crippen molar-refractivity contribution in [2.45, 2.75) is 6.92 Å². The monoisotopic (exact) mass is 564 g/mol. The summed E-state index contributed by atoms with van der Waals surface area (Å²) in [5.74, 6) is 0.718. The fourth-order valence-corrected chi connectivity index (χ4v) is 5.91. The third-order valence-corrected chi connectivity index (χ3v) is 8.27. The second kappa shape index (κ2) is 10.8. The van der Waals surface area contributed by atoms with Crippen LogP contribution in [0.1, 0.15) is 5.56 Å². The van der Waals surface area contributed by atoms with Crippen LogP contribution in [0.5, 0.6) is 0 Å². The van der Waals surface area contributed by atoms with E-state index in [1.165, 1.54) is 27.8 Å². The Hall–Kier alpha value is -5.80. The maximum atomic E-state index is 6.04. The van der Waals surface area contributed by atoms with Gasteiger partial charge >= 0.3 is 0 Å². The van der Waals surface area contributed by atoms with Crippen LogP contribution < -0.4 is 0 Å². The van der Waals surface area contributed by atoms with Gasteiger partial charge in [-0.15, -0.1) is 0 Å². The largest absolute Gasteiger partial charge is 0.456 e. The molecule has 8 rings (SSSR count). The smallest absolute Gasteiger partial charge is 0.160 e. The van der Waals surface area contributed by atoms with Gasteiger partial charge in [0, 0.05) is 27.5 Å². The fourth-order valence-electron chi connectivity index (χ4n) is 5.91. The summed E-state index contributed by atoms with van der Waals surface area (Å²) >= 11 is 0. The van der Waals surface area contributed by atoms with Crippen molar-refractivity contribution in [1.82, 2.24) is 9.97 Å². The molecule has 0 N–H and O–H groups in total. The summed E-state index contributed by atoms with van der Waals surface area (Å²) in [6.07, 6.45) is 0. The minimum absolute atomic E-state index is 0.718. The van der Waals surface area contributed by atoms with E-state index in [-0.39, 0.29) is 0 Å². The zero-order valence-electron chi connectivity index (χ0n) is 24.2. The molecule has 0 radical (unpaired) electrons. The highest BCUT2D eigenvalue weighted by Crippen LogP contribution is 2.35. The molecule has 44 heavy (non-hydrogen) atoms. The lowest BCUT2D eigenvalue weighted by Crippen LogP contribution is -1.96. The maximum absolute atomic E-state index is 6.04. The number of hydrogen-bond donors (Lipinski definition) is 0. The fraction of sp³-hybridized carbons (Fsp3) is 0.0244. The molecule has 0 spiro atoms. The minimum atomic E-state index is 0.718. The molecular formula is C41H28N2O. The minimum Gasteiger partial charge on any atom is -0.456 e. The summed E-state index contributed by atoms with van der Waals surface area (Å²) in [4.78, 5) is 9.99. The number of rotatable bonds is 5. The molecule has 0 aliphatic heterocycles. The molecule has 0 aliphatic carbocycles. The quantitative estimate of drug-likeness (QED) is 0.209. The van der Waals surface area contributed by atoms with Crippen LogP contribution in [0.15, 0.2) is 156 Å². The summed E-state index contributed by atoms with van der Waals surface area (Å²) in [5.41, 5.74) is 12.7. The molecular weight excluding hydrogens is 536 g/mol. The molecule has 6 aromatic carbocycles. The van der Waals surface area contributed by atoms with Gasteiger partial charge in [0.1, 0.15) is 11.2 Å². The number of furan rings is 1. The molecule has 0 aliphatic rings. The molecule has 208 valence electrons. The van der Waals surface area contributed by atoms with Gasteiger partial charge < -0.3 is 4.42 Å². The van der Waals surface area contributed by atoms with Crippen molar-refractivity contribution in [2.24, 2.45) is 0 Å². The first-order valence-corrected chi connectivity index (χ1v) is 14.8. The van der Waals surface area contributed by atoms with Gasteiger partial charge in [0.25, 0.3) is 0 Å². The van der Waals surface area contributed by atoms with Gasteiger partial charge in [0.2, 0.25) is 0 Å². The van der Waals surface area contributed by atoms with Crippen molar-refractivity contribution < 1.29 is 4.42 Å². The standard InChI is InChI=1S/C41H28N2O/c1-27-16-17-33(38-26-37(30-10-4-2-5-11-30)42-41(43-38)31-12-6-3-7-13-31)25-35(27)29-20-18-28(19-21-29)32-22-23-40-36(24-32)34-14-8-9-15-39(34)44-40/h2-26H,1H3. The Morgan fingerprint density at radius 3 is 1.77 bits per heavy atom. The van der Waals surface area contributed by atoms with Crippen molar-refractivity contribution in [3.8, 4) is 56.2 Å². The van der Waals surface area contributed by atoms with E-state index >= 15 is 0 Å². The number of fused-ring (bicyclic) bond motifs is 3. The van der Waals surface area contributed by atoms with Crippen LogP contribution in [0.2, 0.25) is 0 Å². The van der Waals surface area contributed by atoms with Crippen LogP contribution in [-0.2, 0) is 0 Å². The van der Waals surface area contributed by atoms with Crippen LogP contribution in [0, 0.1) is 6.92 Å². The lowest BCUT2D eigenvalue weighted by Gasteiger charge is -2.13. The van der Waals surface area contributed by atoms with Crippen molar-refractivity contribution in [3.05, 3.63) is 157 Å². The highest BCUT2D eigenvalue weighted by atomic mass is 16.3. The Morgan fingerprint density at radius 2 is 1.00 bits per heavy atom. The Morgan fingerprint density at radius 1 is 0.409 bits per heavy atom. The molecule has 0 unspecified atom stereocenters. The number of aryl methyl sites for hydroxylation is 1. The van der Waals surface area contributed by atoms with Gasteiger partial charge in [-0.1, -0.05) is 121 Å². The normalized spacial score (nSPS) is 11.3. The van der Waals surface area contributed by atoms with E-state index in [0.717, 1.165) is 55.8 Å². The summed E-state index contributed by atoms with van der Waals surface area (Å²) in [7, 11) is 0. The van der Waals surface area contributed by atoms with E-state index in [4.69, 9.17) is 14.4 Å². The van der Waals surface area contributed by atoms with E-state index < -0.39 is 0 Å². The Bertz CT molecular complexity index is 2210. The Labute approximate surface area is 256 Å². The van der Waals surface area contributed by atoms with Crippen molar-refractivity contribution in [3.63, 3.8) is 0 Å². The van der Waals surface area contributed by atoms with Gasteiger partial charge in [-0.05, 0) is 65.1 Å². The predicted octanol–water partition coefficient (Wildman–Crippen LogP) is 11.0. The van der Waals surface area contributed by atoms with E-state index in [2.05, 4.69) is 110 Å². The Balaban J connectivity index is 1.18. The zero-order valence-corrected chi connectivity index (χ0v) is 24.2. The van der Waals surface area contributed by atoms with Crippen LogP contribution in [0.4, 0.5) is 0 Å². The number of hydrogen-bond acceptors (Lipinski definition) is 3. The number of benzene rings is 6. The first kappa shape index (κ1) is 25.9. The zero-order chi connectivity index (χ0) is 29.5. The van der Waals surface area contributed by atoms with Crippen LogP contribution in [-0.4, -0.2) is 9.97 Å². The maximum Gasteiger partial charge on any atom is 0.160 e. The summed E-state index contributed by atoms with van der Waals surface area (Å²) in [6.45, 7) is 2.16. The first-order chi connectivity index (χ1) is 21.7. The summed E-state index contributed by atoms with van der Waals surface area (Å²) in [6, 6.07) is 52.6. The molecule has 0 saturated carbocycles. The van der Waals surface area contributed by atoms with Crippen molar-refractivity contribution >= 4 is 21.9 Å². The first-order valence-electron chi connectivity index (χ1n) is 14.8. The SMILES string of the molecule is Cc1ccc(-c2cc(-c3ccccc3)nc(-c3ccccc3)n2)cc1-c1ccc(-c2ccc3oc4ccccc4c3c2)cc1. The topological polar surface area (TPSA) is 38.9 Å². The predicted molar refractivity (Wildman–Crippen MR) is 181 cm³/mol. The van der Waals surface area contributed by atoms with Gasteiger partial charge in [0.15, 0.2) is 5.82 Å². The summed E-state index contributed by atoms with van der Waals surface area (Å²) < 4.78 is 6.04. The molecule has 0 bridgehead atoms. The van der Waals surface area contributed by atoms with Gasteiger partial charge in [0.05, 0.1) is 11.4 Å². The molecule has 2 aromatic heterocycles. The number of aromatic nitrogens is 2. The average molecular weight is 565 g/mol. The molecule has 3 nitrogen and oxygen atoms in total. The van der Waals surface area contributed by atoms with Crippen molar-refractivity contribution in [2.75, 3.05) is 0 Å². The molecule has 3 heteroatoms. The Kier molecular flexibility index (Phi) is 6.35. The van der Waals surface area contributed by atoms with E-state index in [0.29, 0.717) is 0 Å². The van der Waals surface area contributed by atoms with Crippen molar-refractivity contribution in [1.29, 1.82) is 0 Å². The molecule has 0 atom stereocenters. The van der Waals surface area contributed by atoms with Gasteiger partial charge in [-0.25, -0.2) is 9.97 Å². The van der Waals surface area contributed by atoms with E-state index in [1.54, 1.807) is 0 Å². The third-order valence-electron chi connectivity index (χ3n) is 8.27. The van der Waals surface area contributed by atoms with Gasteiger partial charge in [-0.3, -0.25) is 0 Å². The van der Waals surface area contributed by atoms with Crippen LogP contribution in [0.25, 0.3) is 78.1 Å². The second-order valence-corrected chi connectivity index (χ2v) is 11.1. The lowest BCUT2D eigenvalue weighted by molar-refractivity contribution is 0.669. The highest BCUT2D eigenvalue weighted by Gasteiger charge is 2.13. The number of para-hydroxylation sites is 1. The third kappa shape index (κ3) is 4.75. The average Bonchev–Trinajstić information content (AvgIpc) is 3.47. The molecule has 0 amide bonds.